The molecule has 0 aromatic heterocycles. The van der Waals surface area contributed by atoms with Gasteiger partial charge in [0.2, 0.25) is 0 Å². The predicted octanol–water partition coefficient (Wildman–Crippen LogP) is 1.73. The van der Waals surface area contributed by atoms with Crippen LogP contribution in [0.2, 0.25) is 0 Å². The Morgan fingerprint density at radius 2 is 1.95 bits per heavy atom. The lowest BCUT2D eigenvalue weighted by Crippen LogP contribution is -2.24. The molecule has 20 heavy (non-hydrogen) atoms. The number of amides is 3. The molecule has 1 saturated heterocycles. The average molecular weight is 275 g/mol. The molecular formula is C13H13N3O4. The van der Waals surface area contributed by atoms with Gasteiger partial charge in [0.1, 0.15) is 5.70 Å². The summed E-state index contributed by atoms with van der Waals surface area (Å²) >= 11 is 0. The molecule has 1 aromatic rings. The molecule has 7 nitrogen and oxygen atoms in total. The Hall–Kier alpha value is -2.70. The zero-order chi connectivity index (χ0) is 15.0. The number of aryl methyl sites for hydroxylation is 1. The summed E-state index contributed by atoms with van der Waals surface area (Å²) in [6.45, 7) is 3.56. The van der Waals surface area contributed by atoms with Gasteiger partial charge in [0.05, 0.1) is 10.5 Å². The molecule has 0 spiro atoms. The summed E-state index contributed by atoms with van der Waals surface area (Å²) < 4.78 is 0. The molecule has 0 radical (unpaired) electrons. The van der Waals surface area contributed by atoms with Crippen LogP contribution < -0.4 is 5.32 Å². The predicted molar refractivity (Wildman–Crippen MR) is 71.8 cm³/mol. The first-order valence-corrected chi connectivity index (χ1v) is 5.88. The third-order valence-electron chi connectivity index (χ3n) is 3.36. The summed E-state index contributed by atoms with van der Waals surface area (Å²) in [6.07, 6.45) is 1.38. The number of hydrogen-bond donors (Lipinski definition) is 1. The van der Waals surface area contributed by atoms with E-state index in [1.165, 1.54) is 19.2 Å². The van der Waals surface area contributed by atoms with Gasteiger partial charge in [-0.25, -0.2) is 4.79 Å². The van der Waals surface area contributed by atoms with Crippen LogP contribution in [0, 0.1) is 24.0 Å². The van der Waals surface area contributed by atoms with Crippen molar-refractivity contribution in [2.45, 2.75) is 13.8 Å². The molecule has 1 aliphatic heterocycles. The number of rotatable bonds is 2. The highest BCUT2D eigenvalue weighted by Gasteiger charge is 2.31. The lowest BCUT2D eigenvalue weighted by atomic mass is 10.0. The number of nitro benzene ring substituents is 1. The van der Waals surface area contributed by atoms with E-state index < -0.39 is 16.9 Å². The molecule has 0 unspecified atom stereocenters. The quantitative estimate of drug-likeness (QED) is 0.385. The summed E-state index contributed by atoms with van der Waals surface area (Å²) in [7, 11) is 1.43. The van der Waals surface area contributed by atoms with Crippen LogP contribution >= 0.6 is 0 Å². The number of imide groups is 1. The van der Waals surface area contributed by atoms with Crippen LogP contribution in [-0.2, 0) is 4.79 Å². The zero-order valence-corrected chi connectivity index (χ0v) is 11.3. The number of nitro groups is 1. The molecule has 0 atom stereocenters. The van der Waals surface area contributed by atoms with Crippen molar-refractivity contribution in [3.63, 3.8) is 0 Å². The second kappa shape index (κ2) is 4.76. The van der Waals surface area contributed by atoms with Gasteiger partial charge in [0.25, 0.3) is 11.6 Å². The van der Waals surface area contributed by atoms with Gasteiger partial charge in [0.15, 0.2) is 0 Å². The van der Waals surface area contributed by atoms with E-state index in [0.717, 1.165) is 10.5 Å². The normalized spacial score (nSPS) is 16.8. The molecule has 0 saturated carbocycles. The van der Waals surface area contributed by atoms with Gasteiger partial charge in [-0.3, -0.25) is 25.1 Å². The van der Waals surface area contributed by atoms with Crippen LogP contribution in [0.15, 0.2) is 17.8 Å². The number of carbonyl (C=O) groups is 2. The Morgan fingerprint density at radius 3 is 2.45 bits per heavy atom. The van der Waals surface area contributed by atoms with Gasteiger partial charge >= 0.3 is 6.03 Å². The summed E-state index contributed by atoms with van der Waals surface area (Å²) in [6, 6.07) is 2.50. The van der Waals surface area contributed by atoms with E-state index in [4.69, 9.17) is 0 Å². The first kappa shape index (κ1) is 13.7. The van der Waals surface area contributed by atoms with Crippen LogP contribution in [0.5, 0.6) is 0 Å². The van der Waals surface area contributed by atoms with Crippen molar-refractivity contribution >= 4 is 23.7 Å². The van der Waals surface area contributed by atoms with Crippen molar-refractivity contribution < 1.29 is 14.5 Å². The van der Waals surface area contributed by atoms with Crippen LogP contribution in [0.25, 0.3) is 6.08 Å². The van der Waals surface area contributed by atoms with Crippen molar-refractivity contribution in [2.24, 2.45) is 0 Å². The van der Waals surface area contributed by atoms with Gasteiger partial charge in [-0.05, 0) is 31.1 Å². The van der Waals surface area contributed by atoms with Crippen LogP contribution in [-0.4, -0.2) is 28.8 Å². The lowest BCUT2D eigenvalue weighted by molar-refractivity contribution is -0.385. The molecule has 1 aromatic carbocycles. The minimum absolute atomic E-state index is 0.0896. The molecule has 2 rings (SSSR count). The Morgan fingerprint density at radius 1 is 1.30 bits per heavy atom. The van der Waals surface area contributed by atoms with Crippen molar-refractivity contribution in [3.8, 4) is 0 Å². The average Bonchev–Trinajstić information content (AvgIpc) is 2.61. The first-order valence-electron chi connectivity index (χ1n) is 5.88. The Labute approximate surface area is 115 Å². The van der Waals surface area contributed by atoms with E-state index in [1.54, 1.807) is 13.0 Å². The SMILES string of the molecule is Cc1ccc([N+](=O)[O-])c(/C=C2/C(=O)NC(=O)N2C)c1C. The highest BCUT2D eigenvalue weighted by atomic mass is 16.6. The van der Waals surface area contributed by atoms with Gasteiger partial charge in [-0.2, -0.15) is 0 Å². The summed E-state index contributed by atoms with van der Waals surface area (Å²) in [5, 5.41) is 13.2. The van der Waals surface area contributed by atoms with Crippen molar-refractivity contribution in [2.75, 3.05) is 7.05 Å². The van der Waals surface area contributed by atoms with Crippen molar-refractivity contribution in [1.82, 2.24) is 10.2 Å². The van der Waals surface area contributed by atoms with E-state index in [0.29, 0.717) is 11.1 Å². The van der Waals surface area contributed by atoms with E-state index in [-0.39, 0.29) is 11.4 Å². The third-order valence-corrected chi connectivity index (χ3v) is 3.36. The van der Waals surface area contributed by atoms with E-state index >= 15 is 0 Å². The number of benzene rings is 1. The molecule has 104 valence electrons. The van der Waals surface area contributed by atoms with E-state index in [1.807, 2.05) is 6.92 Å². The molecule has 1 fully saturated rings. The number of hydrogen-bond acceptors (Lipinski definition) is 4. The minimum atomic E-state index is -0.562. The maximum Gasteiger partial charge on any atom is 0.328 e. The van der Waals surface area contributed by atoms with E-state index in [2.05, 4.69) is 5.32 Å². The van der Waals surface area contributed by atoms with Crippen LogP contribution in [0.4, 0.5) is 10.5 Å². The molecule has 3 amide bonds. The Bertz CT molecular complexity index is 664. The molecule has 1 heterocycles. The number of urea groups is 1. The topological polar surface area (TPSA) is 92.5 Å². The van der Waals surface area contributed by atoms with E-state index in [9.17, 15) is 19.7 Å². The van der Waals surface area contributed by atoms with Crippen LogP contribution in [0.3, 0.4) is 0 Å². The summed E-state index contributed by atoms with van der Waals surface area (Å²) in [5.41, 5.74) is 1.90. The van der Waals surface area contributed by atoms with Gasteiger partial charge < -0.3 is 0 Å². The maximum atomic E-state index is 11.7. The molecule has 0 aliphatic carbocycles. The summed E-state index contributed by atoms with van der Waals surface area (Å²) in [5.74, 6) is -0.562. The second-order valence-corrected chi connectivity index (χ2v) is 4.55. The van der Waals surface area contributed by atoms with Gasteiger partial charge in [-0.1, -0.05) is 6.07 Å². The highest BCUT2D eigenvalue weighted by Crippen LogP contribution is 2.28. The van der Waals surface area contributed by atoms with Crippen molar-refractivity contribution in [3.05, 3.63) is 44.6 Å². The molecule has 7 heteroatoms. The number of nitrogens with zero attached hydrogens (tertiary/aromatic N) is 2. The second-order valence-electron chi connectivity index (χ2n) is 4.55. The standard InChI is InChI=1S/C13H13N3O4/c1-7-4-5-10(16(19)20)9(8(7)2)6-11-12(17)14-13(18)15(11)3/h4-6H,1-3H3,(H,14,17,18)/b11-6-. The summed E-state index contributed by atoms with van der Waals surface area (Å²) in [4.78, 5) is 34.7. The molecule has 1 aliphatic rings. The fraction of sp³-hybridized carbons (Fsp3) is 0.231. The lowest BCUT2D eigenvalue weighted by Gasteiger charge is -2.09. The Balaban J connectivity index is 2.64. The van der Waals surface area contributed by atoms with Gasteiger partial charge in [-0.15, -0.1) is 0 Å². The minimum Gasteiger partial charge on any atom is -0.292 e. The fourth-order valence-electron chi connectivity index (χ4n) is 1.97. The number of nitrogens with one attached hydrogen (secondary N) is 1. The van der Waals surface area contributed by atoms with Crippen molar-refractivity contribution in [1.29, 1.82) is 0 Å². The first-order chi connectivity index (χ1) is 9.32. The number of carbonyl (C=O) groups excluding carboxylic acids is 2. The third kappa shape index (κ3) is 2.13. The monoisotopic (exact) mass is 275 g/mol. The number of likely N-dealkylation sites (N-methyl/N-ethyl adjacent to an activating group) is 1. The maximum absolute atomic E-state index is 11.7. The smallest absolute Gasteiger partial charge is 0.292 e. The highest BCUT2D eigenvalue weighted by molar-refractivity contribution is 6.14. The van der Waals surface area contributed by atoms with Gasteiger partial charge in [0, 0.05) is 13.1 Å². The zero-order valence-electron chi connectivity index (χ0n) is 11.3. The molecule has 1 N–H and O–H groups in total. The fourth-order valence-corrected chi connectivity index (χ4v) is 1.97. The molecule has 0 bridgehead atoms. The van der Waals surface area contributed by atoms with Crippen LogP contribution in [0.1, 0.15) is 16.7 Å². The Kier molecular flexibility index (Phi) is 3.27. The molecular weight excluding hydrogens is 262 g/mol. The largest absolute Gasteiger partial charge is 0.328 e.